The van der Waals surface area contributed by atoms with Gasteiger partial charge in [-0.15, -0.1) is 11.3 Å². The molecule has 0 amide bonds. The third kappa shape index (κ3) is 1.63. The van der Waals surface area contributed by atoms with E-state index in [0.29, 0.717) is 5.92 Å². The van der Waals surface area contributed by atoms with Crippen LogP contribution in [0.3, 0.4) is 0 Å². The Bertz CT molecular complexity index is 199. The van der Waals surface area contributed by atoms with Gasteiger partial charge in [-0.2, -0.15) is 0 Å². The van der Waals surface area contributed by atoms with Crippen molar-refractivity contribution in [3.63, 3.8) is 0 Å². The third-order valence-corrected chi connectivity index (χ3v) is 3.14. The van der Waals surface area contributed by atoms with Gasteiger partial charge in [-0.1, -0.05) is 6.07 Å². The van der Waals surface area contributed by atoms with E-state index >= 15 is 0 Å². The number of ether oxygens (including phenoxy) is 1. The molecule has 2 heterocycles. The highest BCUT2D eigenvalue weighted by atomic mass is 32.1. The fraction of sp³-hybridized carbons (Fsp3) is 0.556. The molecule has 1 atom stereocenters. The van der Waals surface area contributed by atoms with Gasteiger partial charge in [0, 0.05) is 17.4 Å². The highest BCUT2D eigenvalue weighted by Crippen LogP contribution is 2.28. The topological polar surface area (TPSA) is 9.23 Å². The second kappa shape index (κ2) is 3.37. The summed E-state index contributed by atoms with van der Waals surface area (Å²) < 4.78 is 5.41. The van der Waals surface area contributed by atoms with E-state index < -0.39 is 0 Å². The molecule has 1 aliphatic heterocycles. The van der Waals surface area contributed by atoms with Crippen LogP contribution in [0.4, 0.5) is 0 Å². The lowest BCUT2D eigenvalue weighted by Gasteiger charge is -2.20. The monoisotopic (exact) mass is 168 g/mol. The van der Waals surface area contributed by atoms with Gasteiger partial charge >= 0.3 is 0 Å². The average Bonchev–Trinajstić information content (AvgIpc) is 2.58. The molecular formula is C9H12OS. The minimum Gasteiger partial charge on any atom is -0.381 e. The molecule has 1 aromatic heterocycles. The van der Waals surface area contributed by atoms with Crippen LogP contribution < -0.4 is 0 Å². The summed E-state index contributed by atoms with van der Waals surface area (Å²) in [6.07, 6.45) is 2.53. The summed E-state index contributed by atoms with van der Waals surface area (Å²) in [7, 11) is 0. The van der Waals surface area contributed by atoms with Gasteiger partial charge in [0.1, 0.15) is 0 Å². The van der Waals surface area contributed by atoms with Gasteiger partial charge in [0.2, 0.25) is 0 Å². The Morgan fingerprint density at radius 2 is 2.55 bits per heavy atom. The molecule has 60 valence electrons. The molecule has 0 N–H and O–H groups in total. The average molecular weight is 168 g/mol. The molecular weight excluding hydrogens is 156 g/mol. The van der Waals surface area contributed by atoms with Gasteiger partial charge in [-0.05, 0) is 24.3 Å². The molecule has 0 saturated carbocycles. The zero-order chi connectivity index (χ0) is 7.52. The second-order valence-corrected chi connectivity index (χ2v) is 3.91. The van der Waals surface area contributed by atoms with Gasteiger partial charge in [0.15, 0.2) is 0 Å². The minimum atomic E-state index is 0.684. The minimum absolute atomic E-state index is 0.684. The fourth-order valence-corrected chi connectivity index (χ4v) is 2.34. The predicted molar refractivity (Wildman–Crippen MR) is 47.1 cm³/mol. The van der Waals surface area contributed by atoms with Crippen molar-refractivity contribution < 1.29 is 4.74 Å². The van der Waals surface area contributed by atoms with Crippen molar-refractivity contribution >= 4 is 11.3 Å². The van der Waals surface area contributed by atoms with Crippen molar-refractivity contribution in [3.8, 4) is 0 Å². The molecule has 2 heteroatoms. The summed E-state index contributed by atoms with van der Waals surface area (Å²) in [4.78, 5) is 1.49. The maximum absolute atomic E-state index is 5.41. The van der Waals surface area contributed by atoms with Crippen LogP contribution in [-0.2, 0) is 4.74 Å². The largest absolute Gasteiger partial charge is 0.381 e. The van der Waals surface area contributed by atoms with Crippen LogP contribution >= 0.6 is 11.3 Å². The maximum atomic E-state index is 5.41. The summed E-state index contributed by atoms with van der Waals surface area (Å²) in [5.41, 5.74) is 0. The first-order chi connectivity index (χ1) is 5.47. The number of thiophene rings is 1. The van der Waals surface area contributed by atoms with E-state index in [1.165, 1.54) is 17.7 Å². The van der Waals surface area contributed by atoms with Gasteiger partial charge < -0.3 is 4.74 Å². The molecule has 1 nitrogen and oxygen atoms in total. The van der Waals surface area contributed by atoms with Crippen LogP contribution in [0.15, 0.2) is 17.5 Å². The van der Waals surface area contributed by atoms with Crippen molar-refractivity contribution in [1.82, 2.24) is 0 Å². The normalized spacial score (nSPS) is 25.3. The van der Waals surface area contributed by atoms with Gasteiger partial charge in [-0.3, -0.25) is 0 Å². The quantitative estimate of drug-likeness (QED) is 0.626. The number of hydrogen-bond acceptors (Lipinski definition) is 2. The lowest BCUT2D eigenvalue weighted by Crippen LogP contribution is -2.14. The smallest absolute Gasteiger partial charge is 0.0542 e. The van der Waals surface area contributed by atoms with E-state index in [1.807, 2.05) is 11.3 Å². The fourth-order valence-electron chi connectivity index (χ4n) is 1.49. The SMILES string of the molecule is c1csc(C2CCCOC2)c1. The third-order valence-electron chi connectivity index (χ3n) is 2.11. The molecule has 11 heavy (non-hydrogen) atoms. The van der Waals surface area contributed by atoms with Crippen LogP contribution in [0.1, 0.15) is 23.6 Å². The standard InChI is InChI=1S/C9H12OS/c1-3-8(7-10-5-1)9-4-2-6-11-9/h2,4,6,8H,1,3,5,7H2. The first-order valence-electron chi connectivity index (χ1n) is 4.08. The van der Waals surface area contributed by atoms with Crippen LogP contribution in [0.25, 0.3) is 0 Å². The lowest BCUT2D eigenvalue weighted by molar-refractivity contribution is 0.0814. The summed E-state index contributed by atoms with van der Waals surface area (Å²) in [5, 5.41) is 2.14. The summed E-state index contributed by atoms with van der Waals surface area (Å²) in [6.45, 7) is 1.89. The molecule has 0 radical (unpaired) electrons. The Morgan fingerprint density at radius 1 is 1.55 bits per heavy atom. The second-order valence-electron chi connectivity index (χ2n) is 2.93. The van der Waals surface area contributed by atoms with Gasteiger partial charge in [0.25, 0.3) is 0 Å². The predicted octanol–water partition coefficient (Wildman–Crippen LogP) is 2.64. The molecule has 0 bridgehead atoms. The first-order valence-corrected chi connectivity index (χ1v) is 4.96. The highest BCUT2D eigenvalue weighted by Gasteiger charge is 2.15. The molecule has 1 aromatic rings. The molecule has 1 unspecified atom stereocenters. The van der Waals surface area contributed by atoms with E-state index in [2.05, 4.69) is 17.5 Å². The van der Waals surface area contributed by atoms with Crippen molar-refractivity contribution in [2.75, 3.05) is 13.2 Å². The van der Waals surface area contributed by atoms with Crippen LogP contribution in [0, 0.1) is 0 Å². The van der Waals surface area contributed by atoms with Crippen molar-refractivity contribution in [1.29, 1.82) is 0 Å². The molecule has 1 fully saturated rings. The highest BCUT2D eigenvalue weighted by molar-refractivity contribution is 7.10. The van der Waals surface area contributed by atoms with Crippen molar-refractivity contribution in [2.24, 2.45) is 0 Å². The summed E-state index contributed by atoms with van der Waals surface area (Å²) in [5.74, 6) is 0.684. The van der Waals surface area contributed by atoms with Crippen molar-refractivity contribution in [2.45, 2.75) is 18.8 Å². The van der Waals surface area contributed by atoms with Crippen LogP contribution in [0.5, 0.6) is 0 Å². The van der Waals surface area contributed by atoms with Crippen molar-refractivity contribution in [3.05, 3.63) is 22.4 Å². The van der Waals surface area contributed by atoms with E-state index in [1.54, 1.807) is 0 Å². The Kier molecular flexibility index (Phi) is 2.24. The summed E-state index contributed by atoms with van der Waals surface area (Å²) >= 11 is 1.85. The van der Waals surface area contributed by atoms with Gasteiger partial charge in [0.05, 0.1) is 6.61 Å². The van der Waals surface area contributed by atoms with Crippen LogP contribution in [-0.4, -0.2) is 13.2 Å². The Hall–Kier alpha value is -0.340. The van der Waals surface area contributed by atoms with E-state index in [-0.39, 0.29) is 0 Å². The van der Waals surface area contributed by atoms with E-state index in [0.717, 1.165) is 13.2 Å². The maximum Gasteiger partial charge on any atom is 0.0542 e. The molecule has 1 aliphatic rings. The zero-order valence-electron chi connectivity index (χ0n) is 6.45. The molecule has 0 aromatic carbocycles. The Labute approximate surface area is 71.0 Å². The first kappa shape index (κ1) is 7.32. The molecule has 0 spiro atoms. The number of rotatable bonds is 1. The molecule has 1 saturated heterocycles. The zero-order valence-corrected chi connectivity index (χ0v) is 7.27. The molecule has 0 aliphatic carbocycles. The molecule has 2 rings (SSSR count). The number of hydrogen-bond donors (Lipinski definition) is 0. The van der Waals surface area contributed by atoms with Gasteiger partial charge in [-0.25, -0.2) is 0 Å². The van der Waals surface area contributed by atoms with Crippen LogP contribution in [0.2, 0.25) is 0 Å². The Morgan fingerprint density at radius 3 is 3.18 bits per heavy atom. The Balaban J connectivity index is 2.04. The van der Waals surface area contributed by atoms with E-state index in [4.69, 9.17) is 4.74 Å². The van der Waals surface area contributed by atoms with E-state index in [9.17, 15) is 0 Å². The lowest BCUT2D eigenvalue weighted by atomic mass is 10.0. The summed E-state index contributed by atoms with van der Waals surface area (Å²) in [6, 6.07) is 4.33.